The second-order valence-corrected chi connectivity index (χ2v) is 3.91. The van der Waals surface area contributed by atoms with Crippen LogP contribution in [0.25, 0.3) is 0 Å². The van der Waals surface area contributed by atoms with Gasteiger partial charge in [0, 0.05) is 6.54 Å². The third-order valence-corrected chi connectivity index (χ3v) is 3.04. The summed E-state index contributed by atoms with van der Waals surface area (Å²) in [6.07, 6.45) is 2.83. The number of nitrogens with two attached hydrogens (primary N) is 1. The standard InChI is InChI=1S/C10H18N2O2/c1-3-12-9(14)10(11,7(2)13)8-5-4-6-8/h8H,3-6,11H2,1-2H3,(H,12,14). The van der Waals surface area contributed by atoms with E-state index in [0.717, 1.165) is 19.3 Å². The van der Waals surface area contributed by atoms with Gasteiger partial charge in [-0.3, -0.25) is 9.59 Å². The van der Waals surface area contributed by atoms with E-state index in [-0.39, 0.29) is 17.6 Å². The minimum absolute atomic E-state index is 0.0338. The van der Waals surface area contributed by atoms with E-state index < -0.39 is 5.54 Å². The summed E-state index contributed by atoms with van der Waals surface area (Å²) in [7, 11) is 0. The van der Waals surface area contributed by atoms with Crippen molar-refractivity contribution in [2.45, 2.75) is 38.6 Å². The molecule has 1 atom stereocenters. The Bertz CT molecular complexity index is 249. The number of hydrogen-bond acceptors (Lipinski definition) is 3. The predicted molar refractivity (Wildman–Crippen MR) is 53.6 cm³/mol. The molecule has 80 valence electrons. The lowest BCUT2D eigenvalue weighted by molar-refractivity contribution is -0.139. The molecular formula is C10H18N2O2. The van der Waals surface area contributed by atoms with Gasteiger partial charge in [0.15, 0.2) is 11.3 Å². The summed E-state index contributed by atoms with van der Waals surface area (Å²) in [6, 6.07) is 0. The van der Waals surface area contributed by atoms with Crippen LogP contribution in [0.5, 0.6) is 0 Å². The number of carbonyl (C=O) groups excluding carboxylic acids is 2. The average Bonchev–Trinajstić information content (AvgIpc) is 2.00. The number of Topliss-reactive ketones (excluding diaryl/α,β-unsaturated/α-hetero) is 1. The zero-order chi connectivity index (χ0) is 10.8. The van der Waals surface area contributed by atoms with Gasteiger partial charge in [-0.2, -0.15) is 0 Å². The summed E-state index contributed by atoms with van der Waals surface area (Å²) in [6.45, 7) is 3.73. The molecule has 0 saturated heterocycles. The lowest BCUT2D eigenvalue weighted by Gasteiger charge is -2.39. The van der Waals surface area contributed by atoms with Crippen LogP contribution in [-0.4, -0.2) is 23.8 Å². The first kappa shape index (κ1) is 11.2. The van der Waals surface area contributed by atoms with Crippen LogP contribution in [0.3, 0.4) is 0 Å². The number of nitrogens with one attached hydrogen (secondary N) is 1. The maximum absolute atomic E-state index is 11.7. The van der Waals surface area contributed by atoms with Crippen molar-refractivity contribution in [1.29, 1.82) is 0 Å². The highest BCUT2D eigenvalue weighted by Gasteiger charge is 2.48. The van der Waals surface area contributed by atoms with Gasteiger partial charge in [0.05, 0.1) is 0 Å². The van der Waals surface area contributed by atoms with Crippen LogP contribution in [0, 0.1) is 5.92 Å². The van der Waals surface area contributed by atoms with Crippen molar-refractivity contribution in [3.8, 4) is 0 Å². The second kappa shape index (κ2) is 4.09. The molecule has 0 heterocycles. The molecule has 0 aromatic carbocycles. The Morgan fingerprint density at radius 2 is 2.07 bits per heavy atom. The fraction of sp³-hybridized carbons (Fsp3) is 0.800. The monoisotopic (exact) mass is 198 g/mol. The lowest BCUT2D eigenvalue weighted by atomic mass is 9.69. The molecule has 1 aliphatic carbocycles. The Balaban J connectivity index is 2.80. The van der Waals surface area contributed by atoms with E-state index in [9.17, 15) is 9.59 Å². The summed E-state index contributed by atoms with van der Waals surface area (Å²) in [5.41, 5.74) is 4.63. The normalized spacial score (nSPS) is 20.8. The molecule has 0 bridgehead atoms. The van der Waals surface area contributed by atoms with Gasteiger partial charge in [-0.05, 0) is 32.6 Å². The first-order chi connectivity index (χ1) is 6.53. The topological polar surface area (TPSA) is 72.2 Å². The third-order valence-electron chi connectivity index (χ3n) is 3.04. The zero-order valence-electron chi connectivity index (χ0n) is 8.80. The first-order valence-electron chi connectivity index (χ1n) is 5.11. The van der Waals surface area contributed by atoms with Gasteiger partial charge in [0.2, 0.25) is 5.91 Å². The summed E-state index contributed by atoms with van der Waals surface area (Å²) in [5, 5.41) is 2.63. The van der Waals surface area contributed by atoms with Crippen LogP contribution in [0.4, 0.5) is 0 Å². The van der Waals surface area contributed by atoms with Crippen LogP contribution in [-0.2, 0) is 9.59 Å². The SMILES string of the molecule is CCNC(=O)C(N)(C(C)=O)C1CCC1. The fourth-order valence-electron chi connectivity index (χ4n) is 1.80. The van der Waals surface area contributed by atoms with Crippen LogP contribution in [0.15, 0.2) is 0 Å². The zero-order valence-corrected chi connectivity index (χ0v) is 8.80. The summed E-state index contributed by atoms with van der Waals surface area (Å²) in [4.78, 5) is 23.1. The number of amides is 1. The van der Waals surface area contributed by atoms with Crippen molar-refractivity contribution in [3.05, 3.63) is 0 Å². The van der Waals surface area contributed by atoms with Gasteiger partial charge in [-0.15, -0.1) is 0 Å². The van der Waals surface area contributed by atoms with Gasteiger partial charge >= 0.3 is 0 Å². The number of likely N-dealkylation sites (N-methyl/N-ethyl adjacent to an activating group) is 1. The van der Waals surface area contributed by atoms with E-state index in [2.05, 4.69) is 5.32 Å². The molecule has 4 nitrogen and oxygen atoms in total. The van der Waals surface area contributed by atoms with E-state index in [1.165, 1.54) is 6.92 Å². The molecule has 0 aromatic rings. The maximum atomic E-state index is 11.7. The first-order valence-corrected chi connectivity index (χ1v) is 5.11. The van der Waals surface area contributed by atoms with Gasteiger partial charge in [-0.25, -0.2) is 0 Å². The molecular weight excluding hydrogens is 180 g/mol. The van der Waals surface area contributed by atoms with Crippen molar-refractivity contribution in [2.75, 3.05) is 6.54 Å². The largest absolute Gasteiger partial charge is 0.354 e. The Morgan fingerprint density at radius 1 is 1.50 bits per heavy atom. The number of rotatable bonds is 4. The summed E-state index contributed by atoms with van der Waals surface area (Å²) >= 11 is 0. The predicted octanol–water partition coefficient (Wildman–Crippen LogP) is 0.209. The molecule has 0 aliphatic heterocycles. The lowest BCUT2D eigenvalue weighted by Crippen LogP contribution is -2.64. The number of ketones is 1. The van der Waals surface area contributed by atoms with Crippen LogP contribution >= 0.6 is 0 Å². The molecule has 0 spiro atoms. The van der Waals surface area contributed by atoms with Crippen molar-refractivity contribution in [1.82, 2.24) is 5.32 Å². The van der Waals surface area contributed by atoms with Crippen LogP contribution in [0.2, 0.25) is 0 Å². The Kier molecular flexibility index (Phi) is 3.26. The van der Waals surface area contributed by atoms with Crippen molar-refractivity contribution in [3.63, 3.8) is 0 Å². The highest BCUT2D eigenvalue weighted by Crippen LogP contribution is 2.35. The van der Waals surface area contributed by atoms with Gasteiger partial charge in [0.25, 0.3) is 0 Å². The molecule has 1 fully saturated rings. The molecule has 1 amide bonds. The molecule has 4 heteroatoms. The fourth-order valence-corrected chi connectivity index (χ4v) is 1.80. The molecule has 1 aliphatic rings. The number of carbonyl (C=O) groups is 2. The van der Waals surface area contributed by atoms with Gasteiger partial charge < -0.3 is 11.1 Å². The molecule has 1 saturated carbocycles. The van der Waals surface area contributed by atoms with E-state index in [1.807, 2.05) is 6.92 Å². The molecule has 0 radical (unpaired) electrons. The van der Waals surface area contributed by atoms with Crippen LogP contribution in [0.1, 0.15) is 33.1 Å². The minimum atomic E-state index is -1.28. The van der Waals surface area contributed by atoms with Crippen molar-refractivity contribution in [2.24, 2.45) is 11.7 Å². The van der Waals surface area contributed by atoms with E-state index in [1.54, 1.807) is 0 Å². The van der Waals surface area contributed by atoms with E-state index >= 15 is 0 Å². The average molecular weight is 198 g/mol. The van der Waals surface area contributed by atoms with Crippen LogP contribution < -0.4 is 11.1 Å². The maximum Gasteiger partial charge on any atom is 0.248 e. The van der Waals surface area contributed by atoms with Crippen molar-refractivity contribution >= 4 is 11.7 Å². The Morgan fingerprint density at radius 3 is 2.36 bits per heavy atom. The molecule has 0 aromatic heterocycles. The Hall–Kier alpha value is -0.900. The summed E-state index contributed by atoms with van der Waals surface area (Å²) < 4.78 is 0. The highest BCUT2D eigenvalue weighted by molar-refractivity contribution is 6.09. The summed E-state index contributed by atoms with van der Waals surface area (Å²) in [5.74, 6) is -0.517. The molecule has 3 N–H and O–H groups in total. The molecule has 1 rings (SSSR count). The van der Waals surface area contributed by atoms with Gasteiger partial charge in [0.1, 0.15) is 0 Å². The second-order valence-electron chi connectivity index (χ2n) is 3.91. The van der Waals surface area contributed by atoms with E-state index in [4.69, 9.17) is 5.73 Å². The molecule has 14 heavy (non-hydrogen) atoms. The van der Waals surface area contributed by atoms with Crippen molar-refractivity contribution < 1.29 is 9.59 Å². The van der Waals surface area contributed by atoms with E-state index in [0.29, 0.717) is 6.54 Å². The highest BCUT2D eigenvalue weighted by atomic mass is 16.2. The Labute approximate surface area is 84.2 Å². The quantitative estimate of drug-likeness (QED) is 0.634. The third kappa shape index (κ3) is 1.66. The number of hydrogen-bond donors (Lipinski definition) is 2. The minimum Gasteiger partial charge on any atom is -0.354 e. The molecule has 1 unspecified atom stereocenters. The van der Waals surface area contributed by atoms with Gasteiger partial charge in [-0.1, -0.05) is 6.42 Å². The smallest absolute Gasteiger partial charge is 0.248 e.